The predicted octanol–water partition coefficient (Wildman–Crippen LogP) is 4.26. The largest absolute Gasteiger partial charge is 0.493 e. The van der Waals surface area contributed by atoms with Crippen LogP contribution in [0.25, 0.3) is 0 Å². The Labute approximate surface area is 197 Å². The molecule has 1 aliphatic heterocycles. The highest BCUT2D eigenvalue weighted by molar-refractivity contribution is 6.08. The van der Waals surface area contributed by atoms with E-state index < -0.39 is 17.9 Å². The van der Waals surface area contributed by atoms with E-state index in [9.17, 15) is 14.7 Å². The van der Waals surface area contributed by atoms with Gasteiger partial charge in [-0.15, -0.1) is 0 Å². The molecule has 0 unspecified atom stereocenters. The number of hydrogen-bond donors (Lipinski definition) is 3. The molecule has 0 aliphatic carbocycles. The highest BCUT2D eigenvalue weighted by atomic mass is 16.5. The molecule has 2 heterocycles. The number of fused-ring (bicyclic) bond motifs is 1. The number of carbonyl (C=O) groups excluding carboxylic acids is 1. The number of nitrogens with zero attached hydrogens (tertiary/aromatic N) is 2. The van der Waals surface area contributed by atoms with E-state index in [1.165, 1.54) is 26.0 Å². The Hall–Kier alpha value is -4.27. The molecule has 9 heteroatoms. The van der Waals surface area contributed by atoms with E-state index in [0.717, 1.165) is 5.56 Å². The van der Waals surface area contributed by atoms with E-state index in [4.69, 9.17) is 9.47 Å². The first kappa shape index (κ1) is 22.9. The van der Waals surface area contributed by atoms with Crippen molar-refractivity contribution in [2.24, 2.45) is 0 Å². The van der Waals surface area contributed by atoms with Crippen LogP contribution < -0.4 is 20.1 Å². The maximum absolute atomic E-state index is 13.1. The SMILES string of the molecule is COc1ccc(NC(=O)c2cnn3c2NC(C(=O)O)=C[C@@H]3c2ccc(C(C)C)cc2)cc1OC. The number of carboxylic acid groups (broad SMARTS) is 1. The number of anilines is 2. The second-order valence-corrected chi connectivity index (χ2v) is 8.15. The van der Waals surface area contributed by atoms with Crippen LogP contribution in [-0.2, 0) is 4.79 Å². The molecule has 34 heavy (non-hydrogen) atoms. The van der Waals surface area contributed by atoms with E-state index >= 15 is 0 Å². The molecule has 0 saturated heterocycles. The molecular weight excluding hydrogens is 436 g/mol. The van der Waals surface area contributed by atoms with Crippen LogP contribution in [0.1, 0.15) is 47.3 Å². The van der Waals surface area contributed by atoms with Crippen LogP contribution in [0.2, 0.25) is 0 Å². The summed E-state index contributed by atoms with van der Waals surface area (Å²) < 4.78 is 12.1. The summed E-state index contributed by atoms with van der Waals surface area (Å²) in [5.74, 6) is 0.114. The van der Waals surface area contributed by atoms with Gasteiger partial charge in [-0.05, 0) is 35.3 Å². The van der Waals surface area contributed by atoms with Gasteiger partial charge in [0.15, 0.2) is 11.5 Å². The predicted molar refractivity (Wildman–Crippen MR) is 128 cm³/mol. The molecule has 3 N–H and O–H groups in total. The van der Waals surface area contributed by atoms with Gasteiger partial charge in [-0.2, -0.15) is 5.10 Å². The zero-order chi connectivity index (χ0) is 24.4. The van der Waals surface area contributed by atoms with E-state index in [0.29, 0.717) is 28.9 Å². The molecule has 9 nitrogen and oxygen atoms in total. The van der Waals surface area contributed by atoms with Gasteiger partial charge >= 0.3 is 5.97 Å². The van der Waals surface area contributed by atoms with E-state index in [1.54, 1.807) is 29.0 Å². The number of benzene rings is 2. The number of amides is 1. The van der Waals surface area contributed by atoms with Crippen molar-refractivity contribution in [1.29, 1.82) is 0 Å². The molecule has 0 saturated carbocycles. The van der Waals surface area contributed by atoms with Gasteiger partial charge in [-0.25, -0.2) is 9.48 Å². The van der Waals surface area contributed by atoms with Crippen LogP contribution in [0.15, 0.2) is 60.4 Å². The number of allylic oxidation sites excluding steroid dienone is 1. The smallest absolute Gasteiger partial charge is 0.352 e. The quantitative estimate of drug-likeness (QED) is 0.481. The lowest BCUT2D eigenvalue weighted by atomic mass is 9.98. The Morgan fingerprint density at radius 2 is 1.79 bits per heavy atom. The minimum atomic E-state index is -1.12. The Morgan fingerprint density at radius 3 is 2.41 bits per heavy atom. The summed E-state index contributed by atoms with van der Waals surface area (Å²) in [4.78, 5) is 24.9. The molecule has 0 radical (unpaired) electrons. The third-order valence-electron chi connectivity index (χ3n) is 5.70. The monoisotopic (exact) mass is 462 g/mol. The molecule has 0 fully saturated rings. The number of nitrogens with one attached hydrogen (secondary N) is 2. The van der Waals surface area contributed by atoms with Gasteiger partial charge in [0, 0.05) is 11.8 Å². The van der Waals surface area contributed by atoms with Crippen LogP contribution >= 0.6 is 0 Å². The van der Waals surface area contributed by atoms with Crippen molar-refractivity contribution < 1.29 is 24.2 Å². The number of carbonyl (C=O) groups is 2. The fraction of sp³-hybridized carbons (Fsp3) is 0.240. The zero-order valence-corrected chi connectivity index (χ0v) is 19.3. The average molecular weight is 463 g/mol. The number of ether oxygens (including phenoxy) is 2. The molecule has 4 rings (SSSR count). The average Bonchev–Trinajstić information content (AvgIpc) is 3.27. The summed E-state index contributed by atoms with van der Waals surface area (Å²) in [6.45, 7) is 4.22. The first-order chi connectivity index (χ1) is 16.3. The van der Waals surface area contributed by atoms with Crippen LogP contribution in [-0.4, -0.2) is 41.0 Å². The summed E-state index contributed by atoms with van der Waals surface area (Å²) in [5.41, 5.74) is 2.72. The van der Waals surface area contributed by atoms with Crippen molar-refractivity contribution in [2.45, 2.75) is 25.8 Å². The number of methoxy groups -OCH3 is 2. The Morgan fingerprint density at radius 1 is 1.09 bits per heavy atom. The summed E-state index contributed by atoms with van der Waals surface area (Å²) in [6, 6.07) is 12.5. The van der Waals surface area contributed by atoms with Gasteiger partial charge < -0.3 is 25.2 Å². The lowest BCUT2D eigenvalue weighted by Crippen LogP contribution is -2.25. The van der Waals surface area contributed by atoms with Crippen molar-refractivity contribution in [3.05, 3.63) is 77.1 Å². The molecule has 1 atom stereocenters. The van der Waals surface area contributed by atoms with Gasteiger partial charge in [-0.3, -0.25) is 4.79 Å². The minimum Gasteiger partial charge on any atom is -0.493 e. The van der Waals surface area contributed by atoms with Gasteiger partial charge in [0.25, 0.3) is 5.91 Å². The molecular formula is C25H26N4O5. The van der Waals surface area contributed by atoms with Crippen molar-refractivity contribution in [1.82, 2.24) is 9.78 Å². The lowest BCUT2D eigenvalue weighted by Gasteiger charge is -2.24. The number of hydrogen-bond acceptors (Lipinski definition) is 6. The number of aliphatic carboxylic acids is 1. The fourth-order valence-corrected chi connectivity index (χ4v) is 3.81. The molecule has 176 valence electrons. The second kappa shape index (κ2) is 9.30. The molecule has 2 aromatic carbocycles. The number of rotatable bonds is 7. The van der Waals surface area contributed by atoms with E-state index in [-0.39, 0.29) is 11.3 Å². The second-order valence-electron chi connectivity index (χ2n) is 8.15. The Balaban J connectivity index is 1.67. The van der Waals surface area contributed by atoms with Crippen LogP contribution in [0.5, 0.6) is 11.5 Å². The van der Waals surface area contributed by atoms with Crippen LogP contribution in [0.4, 0.5) is 11.5 Å². The number of carboxylic acids is 1. The third-order valence-corrected chi connectivity index (χ3v) is 5.70. The molecule has 1 amide bonds. The van der Waals surface area contributed by atoms with Gasteiger partial charge in [0.2, 0.25) is 0 Å². The maximum Gasteiger partial charge on any atom is 0.352 e. The molecule has 3 aromatic rings. The topological polar surface area (TPSA) is 115 Å². The van der Waals surface area contributed by atoms with Crippen LogP contribution in [0, 0.1) is 0 Å². The fourth-order valence-electron chi connectivity index (χ4n) is 3.81. The Bertz CT molecular complexity index is 1260. The summed E-state index contributed by atoms with van der Waals surface area (Å²) in [6.07, 6.45) is 3.01. The van der Waals surface area contributed by atoms with Crippen molar-refractivity contribution in [2.75, 3.05) is 24.9 Å². The van der Waals surface area contributed by atoms with Crippen molar-refractivity contribution >= 4 is 23.4 Å². The van der Waals surface area contributed by atoms with Crippen molar-refractivity contribution in [3.63, 3.8) is 0 Å². The zero-order valence-electron chi connectivity index (χ0n) is 19.3. The standard InChI is InChI=1S/C25H26N4O5/c1-14(2)15-5-7-16(8-6-15)20-12-19(25(31)32)28-23-18(13-26-29(20)23)24(30)27-17-9-10-21(33-3)22(11-17)34-4/h5-14,20,28H,1-4H3,(H,27,30)(H,31,32)/t20-/m1/s1. The van der Waals surface area contributed by atoms with Gasteiger partial charge in [-0.1, -0.05) is 38.1 Å². The van der Waals surface area contributed by atoms with Gasteiger partial charge in [0.1, 0.15) is 17.1 Å². The molecule has 1 aromatic heterocycles. The molecule has 1 aliphatic rings. The summed E-state index contributed by atoms with van der Waals surface area (Å²) in [5, 5.41) is 19.7. The third kappa shape index (κ3) is 4.32. The van der Waals surface area contributed by atoms with Gasteiger partial charge in [0.05, 0.1) is 26.5 Å². The minimum absolute atomic E-state index is 0.0221. The highest BCUT2D eigenvalue weighted by Gasteiger charge is 2.29. The maximum atomic E-state index is 13.1. The summed E-state index contributed by atoms with van der Waals surface area (Å²) in [7, 11) is 3.04. The van der Waals surface area contributed by atoms with E-state index in [1.807, 2.05) is 24.3 Å². The van der Waals surface area contributed by atoms with Crippen LogP contribution in [0.3, 0.4) is 0 Å². The lowest BCUT2D eigenvalue weighted by molar-refractivity contribution is -0.132. The van der Waals surface area contributed by atoms with Crippen molar-refractivity contribution in [3.8, 4) is 11.5 Å². The highest BCUT2D eigenvalue weighted by Crippen LogP contribution is 2.34. The first-order valence-corrected chi connectivity index (χ1v) is 10.7. The number of aromatic nitrogens is 2. The first-order valence-electron chi connectivity index (χ1n) is 10.7. The summed E-state index contributed by atoms with van der Waals surface area (Å²) >= 11 is 0. The molecule has 0 spiro atoms. The Kier molecular flexibility index (Phi) is 6.27. The van der Waals surface area contributed by atoms with E-state index in [2.05, 4.69) is 29.6 Å². The normalized spacial score (nSPS) is 14.6. The molecule has 0 bridgehead atoms.